The Kier molecular flexibility index (Phi) is 6.72. The molecule has 1 atom stereocenters. The van der Waals surface area contributed by atoms with Gasteiger partial charge in [-0.25, -0.2) is 0 Å². The van der Waals surface area contributed by atoms with Crippen molar-refractivity contribution in [2.24, 2.45) is 0 Å². The van der Waals surface area contributed by atoms with Crippen molar-refractivity contribution in [1.29, 1.82) is 0 Å². The van der Waals surface area contributed by atoms with Crippen LogP contribution in [0.4, 0.5) is 0 Å². The second-order valence-electron chi connectivity index (χ2n) is 7.45. The maximum atomic E-state index is 12.9. The summed E-state index contributed by atoms with van der Waals surface area (Å²) < 4.78 is 5.82. The molecule has 2 aliphatic heterocycles. The molecular weight excluding hydrogens is 369 g/mol. The zero-order valence-electron chi connectivity index (χ0n) is 17.1. The molecule has 1 fully saturated rings. The van der Waals surface area contributed by atoms with Crippen molar-refractivity contribution in [2.45, 2.75) is 52.1 Å². The number of fused-ring (bicyclic) bond motifs is 1. The van der Waals surface area contributed by atoms with Crippen molar-refractivity contribution in [3.8, 4) is 5.75 Å². The van der Waals surface area contributed by atoms with Gasteiger partial charge in [0.2, 0.25) is 0 Å². The predicted molar refractivity (Wildman–Crippen MR) is 111 cm³/mol. The molecule has 0 aliphatic carbocycles. The zero-order valence-corrected chi connectivity index (χ0v) is 17.1. The summed E-state index contributed by atoms with van der Waals surface area (Å²) in [6, 6.07) is 4.68. The van der Waals surface area contributed by atoms with E-state index in [0.717, 1.165) is 18.4 Å². The molecule has 0 spiro atoms. The summed E-state index contributed by atoms with van der Waals surface area (Å²) in [5, 5.41) is 2.62. The average Bonchev–Trinajstić information content (AvgIpc) is 3.03. The summed E-state index contributed by atoms with van der Waals surface area (Å²) in [5.41, 5.74) is 1.67. The first-order chi connectivity index (χ1) is 14.0. The Hall–Kier alpha value is -2.64. The Labute approximate surface area is 172 Å². The fourth-order valence-corrected chi connectivity index (χ4v) is 3.87. The average molecular weight is 396 g/mol. The van der Waals surface area contributed by atoms with Crippen LogP contribution in [0.5, 0.6) is 5.75 Å². The second kappa shape index (κ2) is 9.24. The Bertz CT molecular complexity index is 820. The molecule has 0 aromatic heterocycles. The van der Waals surface area contributed by atoms with Crippen LogP contribution in [0.2, 0.25) is 0 Å². The topological polar surface area (TPSA) is 79.0 Å². The number of carbonyl (C=O) groups excluding carboxylic acids is 3. The van der Waals surface area contributed by atoms with Gasteiger partial charge in [-0.15, -0.1) is 0 Å². The van der Waals surface area contributed by atoms with Gasteiger partial charge in [0, 0.05) is 13.1 Å². The van der Waals surface area contributed by atoms with E-state index in [2.05, 4.69) is 5.32 Å². The third-order valence-corrected chi connectivity index (χ3v) is 5.29. The van der Waals surface area contributed by atoms with E-state index in [1.165, 1.54) is 0 Å². The fourth-order valence-electron chi connectivity index (χ4n) is 3.87. The number of benzene rings is 1. The van der Waals surface area contributed by atoms with E-state index in [9.17, 15) is 14.4 Å². The molecule has 1 unspecified atom stereocenters. The standard InChI is InChI=1S/C21H27BN3O4/c1-3-10-24(11-4-2)19(26)13-29-17-7-5-6-14-15(17)12-25(21(14)28)16-8-9-18(22)23-20(16)27/h5-7,16H,3-4,8-13H2,1-2H3,(H,23,27). The number of piperidine rings is 1. The Morgan fingerprint density at radius 1 is 1.28 bits per heavy atom. The first-order valence-electron chi connectivity index (χ1n) is 10.2. The molecule has 0 bridgehead atoms. The summed E-state index contributed by atoms with van der Waals surface area (Å²) in [6.45, 7) is 5.68. The number of carbonyl (C=O) groups is 3. The first-order valence-corrected chi connectivity index (χ1v) is 10.2. The number of rotatable bonds is 8. The summed E-state index contributed by atoms with van der Waals surface area (Å²) in [5.74, 6) is -0.00888. The van der Waals surface area contributed by atoms with Crippen LogP contribution in [0.3, 0.4) is 0 Å². The van der Waals surface area contributed by atoms with Gasteiger partial charge in [-0.2, -0.15) is 0 Å². The van der Waals surface area contributed by atoms with Gasteiger partial charge in [0.1, 0.15) is 0 Å². The van der Waals surface area contributed by atoms with Gasteiger partial charge in [-0.05, 0) is 12.8 Å². The van der Waals surface area contributed by atoms with Crippen molar-refractivity contribution < 1.29 is 19.1 Å². The second-order valence-corrected chi connectivity index (χ2v) is 7.45. The Morgan fingerprint density at radius 3 is 2.66 bits per heavy atom. The Balaban J connectivity index is 1.71. The van der Waals surface area contributed by atoms with Crippen LogP contribution in [0.25, 0.3) is 0 Å². The summed E-state index contributed by atoms with van der Waals surface area (Å²) in [6.07, 6.45) is 2.82. The molecule has 2 heterocycles. The molecule has 29 heavy (non-hydrogen) atoms. The minimum atomic E-state index is -0.554. The molecule has 1 N–H and O–H groups in total. The number of hydrogen-bond acceptors (Lipinski definition) is 4. The van der Waals surface area contributed by atoms with E-state index in [0.29, 0.717) is 42.8 Å². The van der Waals surface area contributed by atoms with Crippen LogP contribution in [-0.4, -0.2) is 66.3 Å². The van der Waals surface area contributed by atoms with E-state index in [1.807, 2.05) is 13.8 Å². The molecule has 153 valence electrons. The van der Waals surface area contributed by atoms with Gasteiger partial charge in [0.25, 0.3) is 0 Å². The van der Waals surface area contributed by atoms with Crippen molar-refractivity contribution in [2.75, 3.05) is 19.7 Å². The molecule has 0 saturated carbocycles. The van der Waals surface area contributed by atoms with Crippen LogP contribution >= 0.6 is 0 Å². The van der Waals surface area contributed by atoms with Crippen LogP contribution in [-0.2, 0) is 16.1 Å². The maximum absolute atomic E-state index is 12.9. The third kappa shape index (κ3) is 4.52. The third-order valence-electron chi connectivity index (χ3n) is 5.29. The van der Waals surface area contributed by atoms with Gasteiger partial charge in [0.05, 0.1) is 0 Å². The molecule has 3 amide bonds. The molecule has 2 aliphatic rings. The molecule has 1 aromatic carbocycles. The molecule has 1 aromatic rings. The number of nitrogens with zero attached hydrogens (tertiary/aromatic N) is 2. The van der Waals surface area contributed by atoms with E-state index in [4.69, 9.17) is 12.2 Å². The van der Waals surface area contributed by atoms with E-state index < -0.39 is 6.04 Å². The number of hydrogen-bond donors (Lipinski definition) is 1. The Morgan fingerprint density at radius 2 is 2.00 bits per heavy atom. The molecule has 8 heteroatoms. The van der Waals surface area contributed by atoms with Gasteiger partial charge in [0.15, 0.2) is 0 Å². The predicted octanol–water partition coefficient (Wildman–Crippen LogP) is 1.25. The molecular formula is C21H27BN3O4. The summed E-state index contributed by atoms with van der Waals surface area (Å²) in [4.78, 5) is 41.0. The van der Waals surface area contributed by atoms with Gasteiger partial charge in [-0.3, -0.25) is 0 Å². The molecule has 7 nitrogen and oxygen atoms in total. The van der Waals surface area contributed by atoms with Crippen LogP contribution < -0.4 is 10.1 Å². The molecule has 1 saturated heterocycles. The minimum absolute atomic E-state index is 0.0647. The number of amides is 3. The van der Waals surface area contributed by atoms with Crippen molar-refractivity contribution in [3.63, 3.8) is 0 Å². The molecule has 3 rings (SSSR count). The van der Waals surface area contributed by atoms with Crippen LogP contribution in [0.1, 0.15) is 55.5 Å². The number of ether oxygens (including phenoxy) is 1. The van der Waals surface area contributed by atoms with Gasteiger partial charge < -0.3 is 0 Å². The molecule has 1 radical (unpaired) electrons. The SMILES string of the molecule is [B]=C1CCC(N2Cc3c(OCC(=O)N(CCC)CCC)cccc3C2=O)C(=O)N1. The van der Waals surface area contributed by atoms with Crippen molar-refractivity contribution >= 4 is 30.8 Å². The fraction of sp³-hybridized carbons (Fsp3) is 0.524. The number of nitrogens with one attached hydrogen (secondary N) is 1. The van der Waals surface area contributed by atoms with E-state index in [1.54, 1.807) is 28.0 Å². The van der Waals surface area contributed by atoms with Crippen LogP contribution in [0, 0.1) is 0 Å². The quantitative estimate of drug-likeness (QED) is 0.671. The van der Waals surface area contributed by atoms with Gasteiger partial charge >= 0.3 is 132 Å². The monoisotopic (exact) mass is 396 g/mol. The van der Waals surface area contributed by atoms with Crippen molar-refractivity contribution in [3.05, 3.63) is 29.3 Å². The van der Waals surface area contributed by atoms with Gasteiger partial charge in [-0.1, -0.05) is 13.8 Å². The zero-order chi connectivity index (χ0) is 21.0. The van der Waals surface area contributed by atoms with E-state index in [-0.39, 0.29) is 30.9 Å². The van der Waals surface area contributed by atoms with E-state index >= 15 is 0 Å². The first kappa shape index (κ1) is 21.1. The normalized spacial score (nSPS) is 18.4. The summed E-state index contributed by atoms with van der Waals surface area (Å²) in [7, 11) is 5.69. The van der Waals surface area contributed by atoms with Crippen LogP contribution in [0.15, 0.2) is 18.2 Å². The summed E-state index contributed by atoms with van der Waals surface area (Å²) >= 11 is 0. The van der Waals surface area contributed by atoms with Crippen molar-refractivity contribution in [1.82, 2.24) is 15.1 Å².